The van der Waals surface area contributed by atoms with Crippen molar-refractivity contribution < 1.29 is 9.47 Å². The lowest BCUT2D eigenvalue weighted by atomic mass is 10.2. The van der Waals surface area contributed by atoms with E-state index in [9.17, 15) is 0 Å². The van der Waals surface area contributed by atoms with Gasteiger partial charge in [0.25, 0.3) is 0 Å². The largest absolute Gasteiger partial charge is 0.490 e. The van der Waals surface area contributed by atoms with Crippen LogP contribution in [0.1, 0.15) is 5.56 Å². The lowest BCUT2D eigenvalue weighted by molar-refractivity contribution is 0.146. The van der Waals surface area contributed by atoms with Crippen LogP contribution in [-0.4, -0.2) is 20.3 Å². The summed E-state index contributed by atoms with van der Waals surface area (Å²) in [7, 11) is 1.66. The van der Waals surface area contributed by atoms with Crippen LogP contribution in [0.25, 0.3) is 0 Å². The number of rotatable bonds is 4. The lowest BCUT2D eigenvalue weighted by Crippen LogP contribution is -2.04. The van der Waals surface area contributed by atoms with E-state index in [-0.39, 0.29) is 0 Å². The molecule has 0 atom stereocenters. The van der Waals surface area contributed by atoms with Gasteiger partial charge in [0.2, 0.25) is 0 Å². The Hall–Kier alpha value is -0.540. The highest BCUT2D eigenvalue weighted by atomic mass is 79.9. The molecule has 0 spiro atoms. The van der Waals surface area contributed by atoms with Gasteiger partial charge in [-0.05, 0) is 40.5 Å². The molecule has 3 heteroatoms. The van der Waals surface area contributed by atoms with Crippen LogP contribution in [0, 0.1) is 6.92 Å². The first kappa shape index (κ1) is 10.5. The Labute approximate surface area is 87.0 Å². The Bertz CT molecular complexity index is 274. The molecule has 0 N–H and O–H groups in total. The van der Waals surface area contributed by atoms with Crippen LogP contribution in [0.4, 0.5) is 0 Å². The van der Waals surface area contributed by atoms with E-state index < -0.39 is 0 Å². The van der Waals surface area contributed by atoms with E-state index in [0.717, 1.165) is 10.2 Å². The summed E-state index contributed by atoms with van der Waals surface area (Å²) in [6.45, 7) is 3.23. The summed E-state index contributed by atoms with van der Waals surface area (Å²) in [5, 5.41) is 0. The number of methoxy groups -OCH3 is 1. The Balaban J connectivity index is 2.59. The standard InChI is InChI=1S/C10H13BrO2/c1-8-3-4-9(11)10(7-8)13-6-5-12-2/h3-4,7H,5-6H2,1-2H3. The van der Waals surface area contributed by atoms with Crippen molar-refractivity contribution in [2.75, 3.05) is 20.3 Å². The molecule has 0 aliphatic rings. The molecule has 1 aromatic rings. The van der Waals surface area contributed by atoms with Crippen LogP contribution in [0.2, 0.25) is 0 Å². The molecule has 1 rings (SSSR count). The smallest absolute Gasteiger partial charge is 0.133 e. The van der Waals surface area contributed by atoms with Crippen molar-refractivity contribution >= 4 is 15.9 Å². The predicted octanol–water partition coefficient (Wildman–Crippen LogP) is 2.78. The van der Waals surface area contributed by atoms with Crippen LogP contribution in [0.5, 0.6) is 5.75 Å². The van der Waals surface area contributed by atoms with Crippen LogP contribution >= 0.6 is 15.9 Å². The van der Waals surface area contributed by atoms with E-state index in [1.807, 2.05) is 25.1 Å². The zero-order valence-electron chi connectivity index (χ0n) is 7.84. The minimum atomic E-state index is 0.582. The molecule has 0 saturated carbocycles. The number of hydrogen-bond donors (Lipinski definition) is 0. The molecular weight excluding hydrogens is 232 g/mol. The molecule has 0 radical (unpaired) electrons. The maximum Gasteiger partial charge on any atom is 0.133 e. The van der Waals surface area contributed by atoms with Gasteiger partial charge in [-0.2, -0.15) is 0 Å². The molecule has 0 fully saturated rings. The van der Waals surface area contributed by atoms with Gasteiger partial charge in [0.1, 0.15) is 12.4 Å². The minimum Gasteiger partial charge on any atom is -0.490 e. The quantitative estimate of drug-likeness (QED) is 0.759. The average molecular weight is 245 g/mol. The maximum absolute atomic E-state index is 5.49. The van der Waals surface area contributed by atoms with E-state index in [1.54, 1.807) is 7.11 Å². The van der Waals surface area contributed by atoms with Crippen molar-refractivity contribution in [2.45, 2.75) is 6.92 Å². The minimum absolute atomic E-state index is 0.582. The second-order valence-electron chi connectivity index (χ2n) is 2.78. The number of hydrogen-bond acceptors (Lipinski definition) is 2. The number of ether oxygens (including phenoxy) is 2. The molecule has 0 saturated heterocycles. The first-order chi connectivity index (χ1) is 6.24. The molecule has 72 valence electrons. The molecule has 0 aliphatic carbocycles. The van der Waals surface area contributed by atoms with Crippen molar-refractivity contribution in [3.63, 3.8) is 0 Å². The van der Waals surface area contributed by atoms with Crippen LogP contribution in [0.3, 0.4) is 0 Å². The molecule has 0 amide bonds. The van der Waals surface area contributed by atoms with Gasteiger partial charge in [-0.3, -0.25) is 0 Å². The van der Waals surface area contributed by atoms with E-state index in [1.165, 1.54) is 5.56 Å². The van der Waals surface area contributed by atoms with Crippen molar-refractivity contribution in [1.82, 2.24) is 0 Å². The SMILES string of the molecule is COCCOc1cc(C)ccc1Br. The summed E-state index contributed by atoms with van der Waals surface area (Å²) < 4.78 is 11.4. The second-order valence-corrected chi connectivity index (χ2v) is 3.63. The summed E-state index contributed by atoms with van der Waals surface area (Å²) in [6, 6.07) is 6.02. The zero-order chi connectivity index (χ0) is 9.68. The Kier molecular flexibility index (Phi) is 4.25. The first-order valence-corrected chi connectivity index (χ1v) is 4.91. The van der Waals surface area contributed by atoms with Crippen molar-refractivity contribution in [3.8, 4) is 5.75 Å². The molecule has 0 aromatic heterocycles. The fourth-order valence-electron chi connectivity index (χ4n) is 0.956. The average Bonchev–Trinajstić information content (AvgIpc) is 2.11. The van der Waals surface area contributed by atoms with Gasteiger partial charge in [-0.1, -0.05) is 6.07 Å². The molecule has 1 aromatic carbocycles. The summed E-state index contributed by atoms with van der Waals surface area (Å²) in [5.74, 6) is 0.872. The second kappa shape index (κ2) is 5.25. The van der Waals surface area contributed by atoms with Crippen LogP contribution in [0.15, 0.2) is 22.7 Å². The van der Waals surface area contributed by atoms with Gasteiger partial charge in [-0.15, -0.1) is 0 Å². The molecule has 0 aliphatic heterocycles. The number of benzene rings is 1. The van der Waals surface area contributed by atoms with Gasteiger partial charge in [-0.25, -0.2) is 0 Å². The molecule has 0 unspecified atom stereocenters. The van der Waals surface area contributed by atoms with Gasteiger partial charge in [0, 0.05) is 7.11 Å². The normalized spacial score (nSPS) is 10.1. The molecular formula is C10H13BrO2. The number of halogens is 1. The highest BCUT2D eigenvalue weighted by Gasteiger charge is 1.99. The Morgan fingerprint density at radius 3 is 2.77 bits per heavy atom. The summed E-state index contributed by atoms with van der Waals surface area (Å²) >= 11 is 3.42. The van der Waals surface area contributed by atoms with Crippen molar-refractivity contribution in [3.05, 3.63) is 28.2 Å². The monoisotopic (exact) mass is 244 g/mol. The topological polar surface area (TPSA) is 18.5 Å². The van der Waals surface area contributed by atoms with Crippen LogP contribution < -0.4 is 4.74 Å². The van der Waals surface area contributed by atoms with Gasteiger partial charge in [0.15, 0.2) is 0 Å². The summed E-state index contributed by atoms with van der Waals surface area (Å²) in [4.78, 5) is 0. The van der Waals surface area contributed by atoms with E-state index in [4.69, 9.17) is 9.47 Å². The highest BCUT2D eigenvalue weighted by Crippen LogP contribution is 2.25. The Morgan fingerprint density at radius 2 is 2.08 bits per heavy atom. The van der Waals surface area contributed by atoms with Gasteiger partial charge in [0.05, 0.1) is 11.1 Å². The zero-order valence-corrected chi connectivity index (χ0v) is 9.43. The third-order valence-corrected chi connectivity index (χ3v) is 2.29. The lowest BCUT2D eigenvalue weighted by Gasteiger charge is -2.07. The fourth-order valence-corrected chi connectivity index (χ4v) is 1.32. The highest BCUT2D eigenvalue weighted by molar-refractivity contribution is 9.10. The fraction of sp³-hybridized carbons (Fsp3) is 0.400. The van der Waals surface area contributed by atoms with Crippen molar-refractivity contribution in [2.24, 2.45) is 0 Å². The molecule has 2 nitrogen and oxygen atoms in total. The number of aryl methyl sites for hydroxylation is 1. The molecule has 13 heavy (non-hydrogen) atoms. The van der Waals surface area contributed by atoms with Gasteiger partial charge >= 0.3 is 0 Å². The van der Waals surface area contributed by atoms with E-state index in [0.29, 0.717) is 13.2 Å². The Morgan fingerprint density at radius 1 is 1.31 bits per heavy atom. The first-order valence-electron chi connectivity index (χ1n) is 4.12. The summed E-state index contributed by atoms with van der Waals surface area (Å²) in [5.41, 5.74) is 1.19. The summed E-state index contributed by atoms with van der Waals surface area (Å²) in [6.07, 6.45) is 0. The van der Waals surface area contributed by atoms with Crippen molar-refractivity contribution in [1.29, 1.82) is 0 Å². The van der Waals surface area contributed by atoms with E-state index in [2.05, 4.69) is 15.9 Å². The predicted molar refractivity (Wildman–Crippen MR) is 56.3 cm³/mol. The third-order valence-electron chi connectivity index (χ3n) is 1.63. The van der Waals surface area contributed by atoms with Crippen LogP contribution in [-0.2, 0) is 4.74 Å². The molecule has 0 heterocycles. The van der Waals surface area contributed by atoms with E-state index >= 15 is 0 Å². The third kappa shape index (κ3) is 3.36. The molecule has 0 bridgehead atoms. The maximum atomic E-state index is 5.49. The van der Waals surface area contributed by atoms with Gasteiger partial charge < -0.3 is 9.47 Å².